The fourth-order valence-corrected chi connectivity index (χ4v) is 1.39. The van der Waals surface area contributed by atoms with E-state index >= 15 is 0 Å². The highest BCUT2D eigenvalue weighted by molar-refractivity contribution is 5.96. The molecule has 0 aromatic heterocycles. The highest BCUT2D eigenvalue weighted by Crippen LogP contribution is 2.22. The van der Waals surface area contributed by atoms with Crippen molar-refractivity contribution in [2.24, 2.45) is 0 Å². The summed E-state index contributed by atoms with van der Waals surface area (Å²) in [5.74, 6) is 0.694. The predicted octanol–water partition coefficient (Wildman–Crippen LogP) is 1.98. The van der Waals surface area contributed by atoms with Gasteiger partial charge in [-0.3, -0.25) is 4.79 Å². The van der Waals surface area contributed by atoms with Crippen molar-refractivity contribution in [3.8, 4) is 5.75 Å². The molecule has 3 nitrogen and oxygen atoms in total. The van der Waals surface area contributed by atoms with Crippen LogP contribution >= 0.6 is 0 Å². The van der Waals surface area contributed by atoms with Gasteiger partial charge in [0.2, 0.25) is 0 Å². The van der Waals surface area contributed by atoms with E-state index in [9.17, 15) is 4.79 Å². The minimum absolute atomic E-state index is 0.0294. The van der Waals surface area contributed by atoms with Gasteiger partial charge >= 0.3 is 0 Å². The molecule has 2 rings (SSSR count). The molecule has 1 heterocycles. The Labute approximate surface area is 89.0 Å². The number of ketones is 1. The molecule has 1 aromatic rings. The molecule has 0 bridgehead atoms. The monoisotopic (exact) mass is 206 g/mol. The zero-order valence-corrected chi connectivity index (χ0v) is 8.95. The fourth-order valence-electron chi connectivity index (χ4n) is 1.39. The molecule has 80 valence electrons. The number of ether oxygens (including phenoxy) is 2. The van der Waals surface area contributed by atoms with Crippen LogP contribution in [0, 0.1) is 6.92 Å². The lowest BCUT2D eigenvalue weighted by atomic mass is 10.1. The Morgan fingerprint density at radius 3 is 2.93 bits per heavy atom. The number of epoxide rings is 1. The van der Waals surface area contributed by atoms with Gasteiger partial charge in [0.1, 0.15) is 18.5 Å². The number of benzene rings is 1. The normalized spacial score (nSPS) is 18.7. The van der Waals surface area contributed by atoms with E-state index in [0.717, 1.165) is 12.2 Å². The van der Waals surface area contributed by atoms with E-state index in [1.807, 2.05) is 19.1 Å². The maximum absolute atomic E-state index is 11.3. The number of aryl methyl sites for hydroxylation is 1. The van der Waals surface area contributed by atoms with E-state index < -0.39 is 0 Å². The molecule has 0 aliphatic carbocycles. The van der Waals surface area contributed by atoms with E-state index in [-0.39, 0.29) is 11.9 Å². The van der Waals surface area contributed by atoms with Crippen LogP contribution in [0.1, 0.15) is 22.8 Å². The smallest absolute Gasteiger partial charge is 0.163 e. The van der Waals surface area contributed by atoms with E-state index in [1.54, 1.807) is 13.0 Å². The van der Waals surface area contributed by atoms with E-state index in [1.165, 1.54) is 0 Å². The van der Waals surface area contributed by atoms with Crippen molar-refractivity contribution >= 4 is 5.78 Å². The molecule has 1 aromatic carbocycles. The first-order valence-corrected chi connectivity index (χ1v) is 5.03. The maximum atomic E-state index is 11.3. The fraction of sp³-hybridized carbons (Fsp3) is 0.417. The van der Waals surface area contributed by atoms with Gasteiger partial charge in [0, 0.05) is 0 Å². The van der Waals surface area contributed by atoms with E-state index in [0.29, 0.717) is 17.9 Å². The van der Waals surface area contributed by atoms with Gasteiger partial charge in [0.25, 0.3) is 0 Å². The Balaban J connectivity index is 2.16. The van der Waals surface area contributed by atoms with Crippen LogP contribution in [0.2, 0.25) is 0 Å². The average Bonchev–Trinajstić information content (AvgIpc) is 2.97. The maximum Gasteiger partial charge on any atom is 0.163 e. The van der Waals surface area contributed by atoms with E-state index in [2.05, 4.69) is 0 Å². The molecule has 15 heavy (non-hydrogen) atoms. The lowest BCUT2D eigenvalue weighted by Crippen LogP contribution is -2.07. The van der Waals surface area contributed by atoms with Crippen LogP contribution in [0.4, 0.5) is 0 Å². The third-order valence-corrected chi connectivity index (χ3v) is 2.34. The van der Waals surface area contributed by atoms with Crippen molar-refractivity contribution in [2.45, 2.75) is 20.0 Å². The molecule has 0 saturated carbocycles. The van der Waals surface area contributed by atoms with Crippen molar-refractivity contribution in [1.29, 1.82) is 0 Å². The molecule has 0 radical (unpaired) electrons. The summed E-state index contributed by atoms with van der Waals surface area (Å²) in [5.41, 5.74) is 1.73. The van der Waals surface area contributed by atoms with Crippen molar-refractivity contribution in [3.63, 3.8) is 0 Å². The first-order valence-electron chi connectivity index (χ1n) is 5.03. The number of rotatable bonds is 4. The van der Waals surface area contributed by atoms with Crippen molar-refractivity contribution in [2.75, 3.05) is 13.2 Å². The van der Waals surface area contributed by atoms with Crippen LogP contribution < -0.4 is 4.74 Å². The third-order valence-electron chi connectivity index (χ3n) is 2.34. The summed E-state index contributed by atoms with van der Waals surface area (Å²) in [6, 6.07) is 5.61. The van der Waals surface area contributed by atoms with Gasteiger partial charge in [-0.15, -0.1) is 0 Å². The summed E-state index contributed by atoms with van der Waals surface area (Å²) >= 11 is 0. The summed E-state index contributed by atoms with van der Waals surface area (Å²) in [7, 11) is 0. The third kappa shape index (κ3) is 2.57. The number of carbonyl (C=O) groups is 1. The number of Topliss-reactive ketones (excluding diaryl/α,β-unsaturated/α-hetero) is 1. The summed E-state index contributed by atoms with van der Waals surface area (Å²) in [5, 5.41) is 0. The second-order valence-corrected chi connectivity index (χ2v) is 3.82. The van der Waals surface area contributed by atoms with Crippen LogP contribution in [-0.2, 0) is 4.74 Å². The zero-order chi connectivity index (χ0) is 10.8. The second kappa shape index (κ2) is 4.03. The molecule has 0 unspecified atom stereocenters. The summed E-state index contributed by atoms with van der Waals surface area (Å²) in [6.07, 6.45) is 0.213. The van der Waals surface area contributed by atoms with Gasteiger partial charge < -0.3 is 9.47 Å². The van der Waals surface area contributed by atoms with Crippen LogP contribution in [0.5, 0.6) is 5.75 Å². The largest absolute Gasteiger partial charge is 0.490 e. The SMILES string of the molecule is CC(=O)c1ccc(C)cc1OC[C@@H]1CO1. The molecule has 3 heteroatoms. The molecule has 1 aliphatic rings. The summed E-state index contributed by atoms with van der Waals surface area (Å²) in [6.45, 7) is 4.82. The molecule has 0 spiro atoms. The van der Waals surface area contributed by atoms with Crippen LogP contribution in [0.15, 0.2) is 18.2 Å². The van der Waals surface area contributed by atoms with Crippen molar-refractivity contribution < 1.29 is 14.3 Å². The van der Waals surface area contributed by atoms with Gasteiger partial charge in [-0.2, -0.15) is 0 Å². The lowest BCUT2D eigenvalue weighted by molar-refractivity contribution is 0.101. The minimum atomic E-state index is 0.0294. The van der Waals surface area contributed by atoms with Crippen LogP contribution in [-0.4, -0.2) is 25.1 Å². The Morgan fingerprint density at radius 1 is 1.60 bits per heavy atom. The van der Waals surface area contributed by atoms with Gasteiger partial charge in [-0.05, 0) is 31.5 Å². The van der Waals surface area contributed by atoms with Gasteiger partial charge in [0.05, 0.1) is 12.2 Å². The topological polar surface area (TPSA) is 38.8 Å². The van der Waals surface area contributed by atoms with Gasteiger partial charge in [0.15, 0.2) is 5.78 Å². The molecular weight excluding hydrogens is 192 g/mol. The molecule has 1 fully saturated rings. The zero-order valence-electron chi connectivity index (χ0n) is 8.95. The first kappa shape index (κ1) is 10.2. The van der Waals surface area contributed by atoms with Crippen LogP contribution in [0.25, 0.3) is 0 Å². The number of hydrogen-bond acceptors (Lipinski definition) is 3. The number of carbonyl (C=O) groups excluding carboxylic acids is 1. The molecule has 1 saturated heterocycles. The molecular formula is C12H14O3. The number of hydrogen-bond donors (Lipinski definition) is 0. The van der Waals surface area contributed by atoms with Gasteiger partial charge in [-0.25, -0.2) is 0 Å². The standard InChI is InChI=1S/C12H14O3/c1-8-3-4-11(9(2)13)12(5-8)15-7-10-6-14-10/h3-5,10H,6-7H2,1-2H3/t10-/m0/s1. The minimum Gasteiger partial charge on any atom is -0.490 e. The van der Waals surface area contributed by atoms with Gasteiger partial charge in [-0.1, -0.05) is 6.07 Å². The highest BCUT2D eigenvalue weighted by Gasteiger charge is 2.23. The van der Waals surface area contributed by atoms with E-state index in [4.69, 9.17) is 9.47 Å². The predicted molar refractivity (Wildman–Crippen MR) is 56.4 cm³/mol. The average molecular weight is 206 g/mol. The van der Waals surface area contributed by atoms with Crippen LogP contribution in [0.3, 0.4) is 0 Å². The van der Waals surface area contributed by atoms with Crippen molar-refractivity contribution in [1.82, 2.24) is 0 Å². The Morgan fingerprint density at radius 2 is 2.33 bits per heavy atom. The second-order valence-electron chi connectivity index (χ2n) is 3.82. The lowest BCUT2D eigenvalue weighted by Gasteiger charge is -2.09. The molecule has 0 amide bonds. The molecule has 1 atom stereocenters. The molecule has 0 N–H and O–H groups in total. The highest BCUT2D eigenvalue weighted by atomic mass is 16.6. The quantitative estimate of drug-likeness (QED) is 0.558. The Kier molecular flexibility index (Phi) is 2.73. The Bertz CT molecular complexity index is 380. The summed E-state index contributed by atoms with van der Waals surface area (Å²) in [4.78, 5) is 11.3. The summed E-state index contributed by atoms with van der Waals surface area (Å²) < 4.78 is 10.6. The van der Waals surface area contributed by atoms with Crippen molar-refractivity contribution in [3.05, 3.63) is 29.3 Å². The molecule has 1 aliphatic heterocycles. The first-order chi connectivity index (χ1) is 7.16. The Hall–Kier alpha value is -1.35.